The molecule has 1 aliphatic rings. The molecule has 1 unspecified atom stereocenters. The van der Waals surface area contributed by atoms with Gasteiger partial charge in [0.2, 0.25) is 0 Å². The van der Waals surface area contributed by atoms with Crippen LogP contribution in [0.5, 0.6) is 0 Å². The highest BCUT2D eigenvalue weighted by Crippen LogP contribution is 2.27. The van der Waals surface area contributed by atoms with Gasteiger partial charge in [0.05, 0.1) is 6.61 Å². The van der Waals surface area contributed by atoms with Gasteiger partial charge < -0.3 is 10.1 Å². The van der Waals surface area contributed by atoms with Crippen molar-refractivity contribution in [3.63, 3.8) is 0 Å². The Bertz CT molecular complexity index is 423. The first-order valence-electron chi connectivity index (χ1n) is 6.88. The fourth-order valence-corrected chi connectivity index (χ4v) is 3.06. The first-order chi connectivity index (χ1) is 9.11. The van der Waals surface area contributed by atoms with E-state index in [4.69, 9.17) is 4.74 Å². The lowest BCUT2D eigenvalue weighted by atomic mass is 10.1. The number of nitrogens with one attached hydrogen (secondary N) is 1. The van der Waals surface area contributed by atoms with E-state index in [0.717, 1.165) is 11.0 Å². The summed E-state index contributed by atoms with van der Waals surface area (Å²) in [6, 6.07) is 7.44. The average molecular weight is 327 g/mol. The van der Waals surface area contributed by atoms with Crippen molar-refractivity contribution in [2.45, 2.75) is 39.0 Å². The Hall–Kier alpha value is -0.580. The summed E-state index contributed by atoms with van der Waals surface area (Å²) in [5.74, 6) is 0. The molecule has 0 amide bonds. The number of likely N-dealkylation sites (tertiary alicyclic amines) is 1. The van der Waals surface area contributed by atoms with Crippen LogP contribution in [0.1, 0.15) is 25.8 Å². The van der Waals surface area contributed by atoms with Crippen LogP contribution in [-0.4, -0.2) is 37.2 Å². The minimum Gasteiger partial charge on any atom is -0.381 e. The molecular formula is C15H23BrN2O. The van der Waals surface area contributed by atoms with Crippen molar-refractivity contribution in [2.75, 3.05) is 25.5 Å². The van der Waals surface area contributed by atoms with Gasteiger partial charge in [0.15, 0.2) is 0 Å². The molecule has 1 N–H and O–H groups in total. The molecule has 1 saturated heterocycles. The summed E-state index contributed by atoms with van der Waals surface area (Å²) in [5, 5.41) is 3.67. The van der Waals surface area contributed by atoms with Gasteiger partial charge in [-0.15, -0.1) is 0 Å². The van der Waals surface area contributed by atoms with E-state index in [1.165, 1.54) is 24.2 Å². The van der Waals surface area contributed by atoms with Crippen LogP contribution in [0.15, 0.2) is 22.7 Å². The molecule has 19 heavy (non-hydrogen) atoms. The molecule has 1 aliphatic heterocycles. The van der Waals surface area contributed by atoms with Crippen molar-refractivity contribution >= 4 is 21.6 Å². The monoisotopic (exact) mass is 326 g/mol. The van der Waals surface area contributed by atoms with Gasteiger partial charge in [-0.3, -0.25) is 4.90 Å². The highest BCUT2D eigenvalue weighted by atomic mass is 79.9. The van der Waals surface area contributed by atoms with Crippen molar-refractivity contribution in [3.8, 4) is 0 Å². The zero-order chi connectivity index (χ0) is 13.8. The van der Waals surface area contributed by atoms with Crippen LogP contribution in [-0.2, 0) is 11.3 Å². The van der Waals surface area contributed by atoms with Gasteiger partial charge in [-0.25, -0.2) is 0 Å². The molecule has 0 spiro atoms. The van der Waals surface area contributed by atoms with Crippen LogP contribution >= 0.6 is 15.9 Å². The third kappa shape index (κ3) is 3.71. The number of anilines is 1. The van der Waals surface area contributed by atoms with Crippen molar-refractivity contribution in [1.82, 2.24) is 4.90 Å². The molecule has 4 heteroatoms. The number of nitrogens with zero attached hydrogens (tertiary/aromatic N) is 1. The Morgan fingerprint density at radius 2 is 2.26 bits per heavy atom. The van der Waals surface area contributed by atoms with E-state index in [9.17, 15) is 0 Å². The Kier molecular flexibility index (Phi) is 5.25. The second-order valence-corrected chi connectivity index (χ2v) is 6.27. The fraction of sp³-hybridized carbons (Fsp3) is 0.600. The van der Waals surface area contributed by atoms with Gasteiger partial charge in [0.25, 0.3) is 0 Å². The minimum absolute atomic E-state index is 0.535. The first kappa shape index (κ1) is 14.8. The van der Waals surface area contributed by atoms with E-state index >= 15 is 0 Å². The van der Waals surface area contributed by atoms with E-state index in [-0.39, 0.29) is 0 Å². The summed E-state index contributed by atoms with van der Waals surface area (Å²) in [6.07, 6.45) is 1.21. The lowest BCUT2D eigenvalue weighted by molar-refractivity contribution is 0.185. The number of rotatable bonds is 5. The van der Waals surface area contributed by atoms with Gasteiger partial charge >= 0.3 is 0 Å². The number of ether oxygens (including phenoxy) is 1. The summed E-state index contributed by atoms with van der Waals surface area (Å²) in [5.41, 5.74) is 2.39. The summed E-state index contributed by atoms with van der Waals surface area (Å²) < 4.78 is 6.40. The van der Waals surface area contributed by atoms with Crippen molar-refractivity contribution in [2.24, 2.45) is 0 Å². The lowest BCUT2D eigenvalue weighted by Crippen LogP contribution is -2.31. The molecule has 2 rings (SSSR count). The largest absolute Gasteiger partial charge is 0.381 e. The standard InChI is InChI=1S/C15H23BrN2O/c1-11(2)18-8-7-12(9-18)17-15-6-4-5-14(16)13(15)10-19-3/h4-6,11-12,17H,7-10H2,1-3H3. The predicted molar refractivity (Wildman–Crippen MR) is 83.6 cm³/mol. The SMILES string of the molecule is COCc1c(Br)cccc1NC1CCN(C(C)C)C1. The molecule has 0 aliphatic carbocycles. The smallest absolute Gasteiger partial charge is 0.0744 e. The Morgan fingerprint density at radius 1 is 1.47 bits per heavy atom. The van der Waals surface area contributed by atoms with E-state index in [1.807, 2.05) is 0 Å². The lowest BCUT2D eigenvalue weighted by Gasteiger charge is -2.22. The molecule has 0 radical (unpaired) electrons. The normalized spacial score (nSPS) is 20.2. The van der Waals surface area contributed by atoms with Gasteiger partial charge in [-0.2, -0.15) is 0 Å². The number of benzene rings is 1. The summed E-state index contributed by atoms with van der Waals surface area (Å²) >= 11 is 3.60. The topological polar surface area (TPSA) is 24.5 Å². The van der Waals surface area contributed by atoms with Gasteiger partial charge in [0, 0.05) is 48.0 Å². The molecule has 0 saturated carbocycles. The highest BCUT2D eigenvalue weighted by molar-refractivity contribution is 9.10. The van der Waals surface area contributed by atoms with E-state index in [1.54, 1.807) is 7.11 Å². The Labute approximate surface area is 124 Å². The average Bonchev–Trinajstić information content (AvgIpc) is 2.82. The minimum atomic E-state index is 0.535. The van der Waals surface area contributed by atoms with Crippen LogP contribution in [0.2, 0.25) is 0 Å². The Morgan fingerprint density at radius 3 is 2.89 bits per heavy atom. The zero-order valence-electron chi connectivity index (χ0n) is 11.9. The highest BCUT2D eigenvalue weighted by Gasteiger charge is 2.24. The van der Waals surface area contributed by atoms with Gasteiger partial charge in [-0.1, -0.05) is 22.0 Å². The second kappa shape index (κ2) is 6.73. The number of hydrogen-bond donors (Lipinski definition) is 1. The van der Waals surface area contributed by atoms with E-state index in [0.29, 0.717) is 18.7 Å². The second-order valence-electron chi connectivity index (χ2n) is 5.42. The third-order valence-electron chi connectivity index (χ3n) is 3.72. The first-order valence-corrected chi connectivity index (χ1v) is 7.68. The zero-order valence-corrected chi connectivity index (χ0v) is 13.5. The molecule has 1 aromatic rings. The molecule has 1 aromatic carbocycles. The van der Waals surface area contributed by atoms with Crippen LogP contribution in [0.4, 0.5) is 5.69 Å². The van der Waals surface area contributed by atoms with Crippen molar-refractivity contribution in [3.05, 3.63) is 28.2 Å². The molecule has 106 valence electrons. The summed E-state index contributed by atoms with van der Waals surface area (Å²) in [4.78, 5) is 2.52. The van der Waals surface area contributed by atoms with E-state index in [2.05, 4.69) is 58.2 Å². The Balaban J connectivity index is 2.05. The van der Waals surface area contributed by atoms with Gasteiger partial charge in [-0.05, 0) is 32.4 Å². The maximum absolute atomic E-state index is 5.29. The summed E-state index contributed by atoms with van der Waals surface area (Å²) in [7, 11) is 1.74. The molecule has 1 fully saturated rings. The maximum atomic E-state index is 5.29. The van der Waals surface area contributed by atoms with Crippen LogP contribution in [0.3, 0.4) is 0 Å². The fourth-order valence-electron chi connectivity index (χ4n) is 2.58. The number of hydrogen-bond acceptors (Lipinski definition) is 3. The summed E-state index contributed by atoms with van der Waals surface area (Å²) in [6.45, 7) is 7.46. The predicted octanol–water partition coefficient (Wildman–Crippen LogP) is 3.49. The van der Waals surface area contributed by atoms with Crippen molar-refractivity contribution < 1.29 is 4.74 Å². The molecule has 3 nitrogen and oxygen atoms in total. The number of halogens is 1. The van der Waals surface area contributed by atoms with Crippen LogP contribution < -0.4 is 5.32 Å². The van der Waals surface area contributed by atoms with Gasteiger partial charge in [0.1, 0.15) is 0 Å². The molecule has 0 bridgehead atoms. The van der Waals surface area contributed by atoms with E-state index < -0.39 is 0 Å². The van der Waals surface area contributed by atoms with Crippen LogP contribution in [0, 0.1) is 0 Å². The van der Waals surface area contributed by atoms with Crippen LogP contribution in [0.25, 0.3) is 0 Å². The third-order valence-corrected chi connectivity index (χ3v) is 4.46. The molecule has 1 atom stereocenters. The van der Waals surface area contributed by atoms with Crippen molar-refractivity contribution in [1.29, 1.82) is 0 Å². The molecule has 1 heterocycles. The molecule has 0 aromatic heterocycles. The number of methoxy groups -OCH3 is 1. The molecular weight excluding hydrogens is 304 g/mol. The quantitative estimate of drug-likeness (QED) is 0.896. The maximum Gasteiger partial charge on any atom is 0.0744 e.